The summed E-state index contributed by atoms with van der Waals surface area (Å²) in [6, 6.07) is 15.5. The molecular formula is C22H23Cl2O2SiZr. The summed E-state index contributed by atoms with van der Waals surface area (Å²) in [5.74, 6) is 0.968. The predicted octanol–water partition coefficient (Wildman–Crippen LogP) is -0.192. The smallest absolute Gasteiger partial charge is 1.00 e. The van der Waals surface area contributed by atoms with Crippen molar-refractivity contribution in [2.45, 2.75) is 29.7 Å². The fourth-order valence-electron chi connectivity index (χ4n) is 3.66. The van der Waals surface area contributed by atoms with Gasteiger partial charge in [0.2, 0.25) is 0 Å². The van der Waals surface area contributed by atoms with Crippen LogP contribution >= 0.6 is 0 Å². The minimum Gasteiger partial charge on any atom is -1.00 e. The van der Waals surface area contributed by atoms with Crippen molar-refractivity contribution in [1.29, 1.82) is 0 Å². The summed E-state index contributed by atoms with van der Waals surface area (Å²) in [5, 5.41) is 0. The summed E-state index contributed by atoms with van der Waals surface area (Å²) < 4.78 is 12.4. The Bertz CT molecular complexity index is 919. The molecule has 0 saturated carbocycles. The number of halogens is 2. The van der Waals surface area contributed by atoms with E-state index in [1.165, 1.54) is 58.1 Å². The molecule has 0 heterocycles. The van der Waals surface area contributed by atoms with E-state index in [0.717, 1.165) is 12.2 Å². The molecule has 2 aliphatic carbocycles. The molecule has 28 heavy (non-hydrogen) atoms. The van der Waals surface area contributed by atoms with E-state index in [1.807, 2.05) is 0 Å². The molecule has 0 N–H and O–H groups in total. The first kappa shape index (κ1) is 23.6. The average Bonchev–Trinajstić information content (AvgIpc) is 3.18. The van der Waals surface area contributed by atoms with Gasteiger partial charge in [-0.2, -0.15) is 0 Å². The summed E-state index contributed by atoms with van der Waals surface area (Å²) in [4.78, 5) is 0. The van der Waals surface area contributed by atoms with Crippen LogP contribution in [-0.4, -0.2) is 15.1 Å². The Morgan fingerprint density at radius 3 is 2.39 bits per heavy atom. The van der Waals surface area contributed by atoms with Crippen LogP contribution in [0.15, 0.2) is 60.4 Å². The Hall–Kier alpha value is -0.640. The number of rotatable bonds is 5. The van der Waals surface area contributed by atoms with Gasteiger partial charge < -0.3 is 24.8 Å². The normalized spacial score (nSPS) is 17.0. The zero-order chi connectivity index (χ0) is 18.3. The van der Waals surface area contributed by atoms with E-state index in [9.17, 15) is 0 Å². The molecule has 0 aromatic heterocycles. The molecule has 0 fully saturated rings. The van der Waals surface area contributed by atoms with Gasteiger partial charge in [-0.05, 0) is 0 Å². The van der Waals surface area contributed by atoms with Gasteiger partial charge in [0, 0.05) is 0 Å². The van der Waals surface area contributed by atoms with Crippen LogP contribution < -0.4 is 24.8 Å². The van der Waals surface area contributed by atoms with E-state index in [2.05, 4.69) is 74.3 Å². The van der Waals surface area contributed by atoms with Crippen molar-refractivity contribution >= 4 is 13.9 Å². The van der Waals surface area contributed by atoms with Crippen molar-refractivity contribution in [2.24, 2.45) is 0 Å². The zero-order valence-corrected chi connectivity index (χ0v) is 21.2. The molecule has 0 saturated heterocycles. The summed E-state index contributed by atoms with van der Waals surface area (Å²) >= 11 is 1.53. The second-order valence-corrected chi connectivity index (χ2v) is 13.7. The van der Waals surface area contributed by atoms with Crippen molar-refractivity contribution in [3.63, 3.8) is 0 Å². The number of allylic oxidation sites excluding steroid dienone is 3. The largest absolute Gasteiger partial charge is 1.00 e. The van der Waals surface area contributed by atoms with E-state index in [0.29, 0.717) is 10.4 Å². The molecule has 2 aromatic carbocycles. The second kappa shape index (κ2) is 9.45. The standard InChI is InChI=1S/C22H23O2Si.2ClH.Zr/c1-25(2,3)24-15-23-22-13-7-12-20(22)19-11-6-10-18-17-9-5-4-8-16(17)14-21(18)19;;;/h4-11,13-14H,12,15H2,1-3H3;2*1H;/q;;;+2/p-2. The molecule has 6 heteroatoms. The van der Waals surface area contributed by atoms with Gasteiger partial charge in [-0.25, -0.2) is 0 Å². The van der Waals surface area contributed by atoms with Gasteiger partial charge in [-0.3, -0.25) is 0 Å². The summed E-state index contributed by atoms with van der Waals surface area (Å²) in [5.41, 5.74) is 8.34. The molecule has 0 aliphatic heterocycles. The SMILES string of the molecule is C[Si](C)(C)OCOC1=C(c2cccc3c2[CH]([Zr+2])c2ccccc2-3)CC=C1.[Cl-].[Cl-]. The van der Waals surface area contributed by atoms with Crippen LogP contribution in [0.1, 0.15) is 26.7 Å². The molecule has 4 rings (SSSR count). The number of fused-ring (bicyclic) bond motifs is 3. The third-order valence-corrected chi connectivity index (χ3v) is 7.33. The van der Waals surface area contributed by atoms with Gasteiger partial charge in [0.15, 0.2) is 0 Å². The van der Waals surface area contributed by atoms with E-state index in [-0.39, 0.29) is 24.8 Å². The van der Waals surface area contributed by atoms with Crippen LogP contribution in [0.2, 0.25) is 19.6 Å². The average molecular weight is 510 g/mol. The number of benzene rings is 2. The van der Waals surface area contributed by atoms with Crippen LogP contribution in [0.3, 0.4) is 0 Å². The van der Waals surface area contributed by atoms with Crippen LogP contribution in [-0.2, 0) is 33.9 Å². The maximum absolute atomic E-state index is 6.03. The number of hydrogen-bond acceptors (Lipinski definition) is 2. The molecule has 2 aromatic rings. The first-order valence-corrected chi connectivity index (χ1v) is 13.9. The maximum atomic E-state index is 6.03. The van der Waals surface area contributed by atoms with Gasteiger partial charge >= 0.3 is 172 Å². The Morgan fingerprint density at radius 2 is 1.64 bits per heavy atom. The molecule has 1 atom stereocenters. The van der Waals surface area contributed by atoms with E-state index in [4.69, 9.17) is 9.16 Å². The van der Waals surface area contributed by atoms with Gasteiger partial charge in [0.1, 0.15) is 0 Å². The quantitative estimate of drug-likeness (QED) is 0.411. The predicted molar refractivity (Wildman–Crippen MR) is 105 cm³/mol. The minimum atomic E-state index is -1.57. The fraction of sp³-hybridized carbons (Fsp3) is 0.273. The molecule has 0 amide bonds. The monoisotopic (exact) mass is 507 g/mol. The molecule has 2 nitrogen and oxygen atoms in total. The summed E-state index contributed by atoms with van der Waals surface area (Å²) in [6.45, 7) is 6.89. The van der Waals surface area contributed by atoms with Crippen LogP contribution in [0.4, 0.5) is 0 Å². The van der Waals surface area contributed by atoms with Gasteiger partial charge in [-0.1, -0.05) is 0 Å². The Balaban J connectivity index is 0.00000140. The van der Waals surface area contributed by atoms with Crippen molar-refractivity contribution in [1.82, 2.24) is 0 Å². The van der Waals surface area contributed by atoms with Crippen LogP contribution in [0, 0.1) is 0 Å². The van der Waals surface area contributed by atoms with Crippen molar-refractivity contribution < 1.29 is 58.7 Å². The summed E-state index contributed by atoms with van der Waals surface area (Å²) in [6.07, 6.45) is 5.22. The number of hydrogen-bond donors (Lipinski definition) is 0. The van der Waals surface area contributed by atoms with Gasteiger partial charge in [0.25, 0.3) is 0 Å². The van der Waals surface area contributed by atoms with Crippen molar-refractivity contribution in [3.05, 3.63) is 77.1 Å². The Labute approximate surface area is 196 Å². The molecule has 2 aliphatic rings. The van der Waals surface area contributed by atoms with Crippen LogP contribution in [0.25, 0.3) is 16.7 Å². The Kier molecular flexibility index (Phi) is 7.98. The fourth-order valence-corrected chi connectivity index (χ4v) is 5.45. The van der Waals surface area contributed by atoms with Crippen LogP contribution in [0.5, 0.6) is 0 Å². The topological polar surface area (TPSA) is 18.5 Å². The van der Waals surface area contributed by atoms with Gasteiger partial charge in [0.05, 0.1) is 0 Å². The Morgan fingerprint density at radius 1 is 0.964 bits per heavy atom. The third kappa shape index (κ3) is 4.57. The number of ether oxygens (including phenoxy) is 1. The molecule has 145 valence electrons. The second-order valence-electron chi connectivity index (χ2n) is 7.76. The van der Waals surface area contributed by atoms with E-state index >= 15 is 0 Å². The van der Waals surface area contributed by atoms with E-state index in [1.54, 1.807) is 0 Å². The first-order valence-electron chi connectivity index (χ1n) is 9.06. The van der Waals surface area contributed by atoms with Gasteiger partial charge in [-0.15, -0.1) is 0 Å². The van der Waals surface area contributed by atoms with Crippen molar-refractivity contribution in [2.75, 3.05) is 6.79 Å². The molecular weight excluding hydrogens is 486 g/mol. The first-order chi connectivity index (χ1) is 12.5. The molecule has 1 unspecified atom stereocenters. The van der Waals surface area contributed by atoms with E-state index < -0.39 is 8.32 Å². The zero-order valence-electron chi connectivity index (χ0n) is 16.3. The summed E-state index contributed by atoms with van der Waals surface area (Å²) in [7, 11) is -1.57. The van der Waals surface area contributed by atoms with Crippen molar-refractivity contribution in [3.8, 4) is 11.1 Å². The molecule has 0 bridgehead atoms. The molecule has 0 spiro atoms. The minimum absolute atomic E-state index is 0. The maximum Gasteiger partial charge on any atom is -1.00 e. The molecule has 0 radical (unpaired) electrons. The third-order valence-electron chi connectivity index (χ3n) is 4.88.